The molecule has 0 aromatic heterocycles. The van der Waals surface area contributed by atoms with Gasteiger partial charge in [-0.2, -0.15) is 0 Å². The van der Waals surface area contributed by atoms with Crippen molar-refractivity contribution < 1.29 is 28.6 Å². The molecule has 0 radical (unpaired) electrons. The monoisotopic (exact) mass is 414 g/mol. The van der Waals surface area contributed by atoms with Crippen LogP contribution in [0.1, 0.15) is 31.4 Å². The highest BCUT2D eigenvalue weighted by molar-refractivity contribution is 5.97. The van der Waals surface area contributed by atoms with Crippen molar-refractivity contribution in [3.8, 4) is 11.5 Å². The van der Waals surface area contributed by atoms with Gasteiger partial charge in [0.25, 0.3) is 5.91 Å². The average molecular weight is 414 g/mol. The number of hydrogen-bond acceptors (Lipinski definition) is 6. The fourth-order valence-electron chi connectivity index (χ4n) is 2.55. The van der Waals surface area contributed by atoms with E-state index >= 15 is 0 Å². The van der Waals surface area contributed by atoms with Crippen molar-refractivity contribution in [1.82, 2.24) is 10.6 Å². The molecule has 0 aliphatic rings. The Hall–Kier alpha value is -3.55. The second-order valence-corrected chi connectivity index (χ2v) is 6.26. The standard InChI is InChI=1S/C22H26N2O6/c1-3-23-22(27)24-21(26)20(16-8-5-4-6-9-16)30-19(25)10-7-15-29-18-13-11-17(28-2)12-14-18/h4-6,8-9,11-14,20H,3,7,10,15H2,1-2H3,(H2,23,24,26,27)/t20-/m1/s1. The van der Waals surface area contributed by atoms with Crippen LogP contribution in [0.4, 0.5) is 4.79 Å². The first kappa shape index (κ1) is 22.7. The number of esters is 1. The highest BCUT2D eigenvalue weighted by Gasteiger charge is 2.26. The van der Waals surface area contributed by atoms with Gasteiger partial charge < -0.3 is 19.5 Å². The number of carbonyl (C=O) groups is 3. The first-order chi connectivity index (χ1) is 14.5. The number of benzene rings is 2. The number of imide groups is 1. The quantitative estimate of drug-likeness (QED) is 0.458. The van der Waals surface area contributed by atoms with E-state index < -0.39 is 24.0 Å². The van der Waals surface area contributed by atoms with Crippen molar-refractivity contribution in [2.75, 3.05) is 20.3 Å². The molecule has 2 rings (SSSR count). The Morgan fingerprint density at radius 3 is 2.27 bits per heavy atom. The summed E-state index contributed by atoms with van der Waals surface area (Å²) in [6.07, 6.45) is -0.748. The van der Waals surface area contributed by atoms with Gasteiger partial charge in [0.1, 0.15) is 11.5 Å². The molecule has 2 aromatic rings. The Balaban J connectivity index is 1.87. The summed E-state index contributed by atoms with van der Waals surface area (Å²) >= 11 is 0. The third kappa shape index (κ3) is 7.46. The van der Waals surface area contributed by atoms with Crippen molar-refractivity contribution in [1.29, 1.82) is 0 Å². The molecule has 0 aliphatic heterocycles. The molecular formula is C22H26N2O6. The van der Waals surface area contributed by atoms with E-state index in [2.05, 4.69) is 10.6 Å². The molecule has 3 amide bonds. The normalized spacial score (nSPS) is 11.1. The molecule has 2 aromatic carbocycles. The summed E-state index contributed by atoms with van der Waals surface area (Å²) in [5.74, 6) is 0.111. The molecule has 8 heteroatoms. The Kier molecular flexibility index (Phi) is 9.18. The maximum atomic E-state index is 12.4. The highest BCUT2D eigenvalue weighted by atomic mass is 16.5. The fraction of sp³-hybridized carbons (Fsp3) is 0.318. The molecule has 0 aliphatic carbocycles. The van der Waals surface area contributed by atoms with E-state index in [9.17, 15) is 14.4 Å². The van der Waals surface area contributed by atoms with E-state index in [0.717, 1.165) is 5.75 Å². The topological polar surface area (TPSA) is 103 Å². The van der Waals surface area contributed by atoms with E-state index in [-0.39, 0.29) is 6.42 Å². The maximum Gasteiger partial charge on any atom is 0.321 e. The summed E-state index contributed by atoms with van der Waals surface area (Å²) in [6, 6.07) is 15.0. The van der Waals surface area contributed by atoms with E-state index in [4.69, 9.17) is 14.2 Å². The van der Waals surface area contributed by atoms with Gasteiger partial charge in [0.2, 0.25) is 6.10 Å². The zero-order valence-corrected chi connectivity index (χ0v) is 17.1. The maximum absolute atomic E-state index is 12.4. The molecule has 0 saturated carbocycles. The molecule has 0 spiro atoms. The van der Waals surface area contributed by atoms with Crippen molar-refractivity contribution >= 4 is 17.9 Å². The lowest BCUT2D eigenvalue weighted by molar-refractivity contribution is -0.156. The SMILES string of the molecule is CCNC(=O)NC(=O)[C@H](OC(=O)CCCOc1ccc(OC)cc1)c1ccccc1. The number of methoxy groups -OCH3 is 1. The molecule has 8 nitrogen and oxygen atoms in total. The number of carbonyl (C=O) groups excluding carboxylic acids is 3. The highest BCUT2D eigenvalue weighted by Crippen LogP contribution is 2.19. The summed E-state index contributed by atoms with van der Waals surface area (Å²) in [5.41, 5.74) is 0.474. The van der Waals surface area contributed by atoms with Gasteiger partial charge in [-0.25, -0.2) is 4.79 Å². The van der Waals surface area contributed by atoms with Gasteiger partial charge in [0.15, 0.2) is 0 Å². The first-order valence-electron chi connectivity index (χ1n) is 9.63. The first-order valence-corrected chi connectivity index (χ1v) is 9.63. The van der Waals surface area contributed by atoms with Crippen molar-refractivity contribution in [2.45, 2.75) is 25.9 Å². The van der Waals surface area contributed by atoms with Crippen LogP contribution in [0, 0.1) is 0 Å². The van der Waals surface area contributed by atoms with Gasteiger partial charge >= 0.3 is 12.0 Å². The number of rotatable bonds is 10. The van der Waals surface area contributed by atoms with Crippen LogP contribution in [0.25, 0.3) is 0 Å². The summed E-state index contributed by atoms with van der Waals surface area (Å²) in [5, 5.41) is 4.65. The van der Waals surface area contributed by atoms with Crippen LogP contribution in [0.2, 0.25) is 0 Å². The van der Waals surface area contributed by atoms with Gasteiger partial charge in [-0.05, 0) is 37.6 Å². The Morgan fingerprint density at radius 2 is 1.63 bits per heavy atom. The molecule has 0 saturated heterocycles. The van der Waals surface area contributed by atoms with E-state index in [1.165, 1.54) is 0 Å². The summed E-state index contributed by atoms with van der Waals surface area (Å²) in [7, 11) is 1.58. The van der Waals surface area contributed by atoms with Crippen molar-refractivity contribution in [2.24, 2.45) is 0 Å². The molecule has 0 heterocycles. The lowest BCUT2D eigenvalue weighted by Gasteiger charge is -2.17. The minimum absolute atomic E-state index is 0.0634. The molecule has 30 heavy (non-hydrogen) atoms. The predicted octanol–water partition coefficient (Wildman–Crippen LogP) is 2.98. The van der Waals surface area contributed by atoms with Gasteiger partial charge in [-0.3, -0.25) is 14.9 Å². The number of urea groups is 1. The van der Waals surface area contributed by atoms with E-state index in [0.29, 0.717) is 30.9 Å². The van der Waals surface area contributed by atoms with Crippen LogP contribution >= 0.6 is 0 Å². The summed E-state index contributed by atoms with van der Waals surface area (Å²) < 4.78 is 16.0. The number of hydrogen-bond donors (Lipinski definition) is 2. The average Bonchev–Trinajstić information content (AvgIpc) is 2.76. The van der Waals surface area contributed by atoms with Crippen LogP contribution in [0.5, 0.6) is 11.5 Å². The lowest BCUT2D eigenvalue weighted by atomic mass is 10.1. The zero-order chi connectivity index (χ0) is 21.8. The van der Waals surface area contributed by atoms with Crippen molar-refractivity contribution in [3.05, 3.63) is 60.2 Å². The van der Waals surface area contributed by atoms with E-state index in [1.807, 2.05) is 0 Å². The molecule has 160 valence electrons. The summed E-state index contributed by atoms with van der Waals surface area (Å²) in [6.45, 7) is 2.40. The Labute approximate surface area is 175 Å². The van der Waals surface area contributed by atoms with Crippen molar-refractivity contribution in [3.63, 3.8) is 0 Å². The second kappa shape index (κ2) is 12.1. The van der Waals surface area contributed by atoms with Gasteiger partial charge in [0.05, 0.1) is 13.7 Å². The number of nitrogens with one attached hydrogen (secondary N) is 2. The smallest absolute Gasteiger partial charge is 0.321 e. The molecule has 0 unspecified atom stereocenters. The van der Waals surface area contributed by atoms with Crippen LogP contribution in [-0.2, 0) is 14.3 Å². The van der Waals surface area contributed by atoms with Crippen LogP contribution in [-0.4, -0.2) is 38.2 Å². The molecule has 0 bridgehead atoms. The number of amides is 3. The van der Waals surface area contributed by atoms with Gasteiger partial charge in [-0.1, -0.05) is 30.3 Å². The molecule has 0 fully saturated rings. The van der Waals surface area contributed by atoms with Crippen LogP contribution in [0.3, 0.4) is 0 Å². The Morgan fingerprint density at radius 1 is 0.967 bits per heavy atom. The van der Waals surface area contributed by atoms with Crippen LogP contribution < -0.4 is 20.1 Å². The summed E-state index contributed by atoms with van der Waals surface area (Å²) in [4.78, 5) is 36.4. The van der Waals surface area contributed by atoms with Gasteiger partial charge in [-0.15, -0.1) is 0 Å². The minimum Gasteiger partial charge on any atom is -0.497 e. The lowest BCUT2D eigenvalue weighted by Crippen LogP contribution is -2.42. The fourth-order valence-corrected chi connectivity index (χ4v) is 2.55. The molecule has 1 atom stereocenters. The molecular weight excluding hydrogens is 388 g/mol. The van der Waals surface area contributed by atoms with E-state index in [1.54, 1.807) is 68.6 Å². The third-order valence-electron chi connectivity index (χ3n) is 4.02. The minimum atomic E-state index is -1.22. The second-order valence-electron chi connectivity index (χ2n) is 6.26. The zero-order valence-electron chi connectivity index (χ0n) is 17.1. The largest absolute Gasteiger partial charge is 0.497 e. The third-order valence-corrected chi connectivity index (χ3v) is 4.02. The Bertz CT molecular complexity index is 823. The van der Waals surface area contributed by atoms with Crippen LogP contribution in [0.15, 0.2) is 54.6 Å². The predicted molar refractivity (Wildman–Crippen MR) is 110 cm³/mol. The van der Waals surface area contributed by atoms with Gasteiger partial charge in [0, 0.05) is 18.5 Å². The number of ether oxygens (including phenoxy) is 3. The molecule has 2 N–H and O–H groups in total.